The van der Waals surface area contributed by atoms with Crippen LogP contribution in [0.5, 0.6) is 5.75 Å². The quantitative estimate of drug-likeness (QED) is 0.475. The van der Waals surface area contributed by atoms with Crippen molar-refractivity contribution in [3.05, 3.63) is 81.2 Å². The van der Waals surface area contributed by atoms with Gasteiger partial charge in [-0.3, -0.25) is 14.3 Å². The maximum Gasteiger partial charge on any atom is 0.419 e. The molecule has 0 N–H and O–H groups in total. The summed E-state index contributed by atoms with van der Waals surface area (Å²) in [4.78, 5) is 34.2. The monoisotopic (exact) mass is 494 g/mol. The Balaban J connectivity index is 1.56. The van der Waals surface area contributed by atoms with Crippen molar-refractivity contribution in [2.75, 3.05) is 27.2 Å². The molecule has 1 aliphatic carbocycles. The minimum atomic E-state index is -0.519. The number of carbonyl (C=O) groups excluding carboxylic acids is 1. The van der Waals surface area contributed by atoms with Gasteiger partial charge in [0.15, 0.2) is 11.6 Å². The predicted octanol–water partition coefficient (Wildman–Crippen LogP) is 3.73. The summed E-state index contributed by atoms with van der Waals surface area (Å²) in [7, 11) is 4.02. The van der Waals surface area contributed by atoms with E-state index in [2.05, 4.69) is 16.0 Å². The van der Waals surface area contributed by atoms with Crippen LogP contribution in [0.25, 0.3) is 0 Å². The Bertz CT molecular complexity index is 1360. The van der Waals surface area contributed by atoms with E-state index in [0.717, 1.165) is 35.7 Å². The molecule has 5 rings (SSSR count). The van der Waals surface area contributed by atoms with Crippen molar-refractivity contribution in [2.45, 2.75) is 51.2 Å². The second-order valence-electron chi connectivity index (χ2n) is 10.1. The third-order valence-corrected chi connectivity index (χ3v) is 7.15. The van der Waals surface area contributed by atoms with Crippen LogP contribution in [0.2, 0.25) is 0 Å². The predicted molar refractivity (Wildman–Crippen MR) is 132 cm³/mol. The first-order chi connectivity index (χ1) is 17.2. The van der Waals surface area contributed by atoms with Gasteiger partial charge in [-0.15, -0.1) is 0 Å². The molecule has 1 unspecified atom stereocenters. The van der Waals surface area contributed by atoms with Crippen LogP contribution in [-0.2, 0) is 18.5 Å². The summed E-state index contributed by atoms with van der Waals surface area (Å²) in [5.74, 6) is -0.897. The highest BCUT2D eigenvalue weighted by Crippen LogP contribution is 2.55. The van der Waals surface area contributed by atoms with E-state index in [0.29, 0.717) is 37.5 Å². The molecule has 8 nitrogen and oxygen atoms in total. The van der Waals surface area contributed by atoms with Crippen molar-refractivity contribution in [1.29, 1.82) is 0 Å². The number of hydrogen-bond acceptors (Lipinski definition) is 6. The van der Waals surface area contributed by atoms with Crippen LogP contribution in [-0.4, -0.2) is 52.5 Å². The largest absolute Gasteiger partial charge is 0.491 e. The molecule has 36 heavy (non-hydrogen) atoms. The molecule has 0 saturated heterocycles. The Morgan fingerprint density at radius 2 is 2.03 bits per heavy atom. The van der Waals surface area contributed by atoms with Gasteiger partial charge in [0.05, 0.1) is 31.1 Å². The summed E-state index contributed by atoms with van der Waals surface area (Å²) in [6.45, 7) is 5.65. The second-order valence-corrected chi connectivity index (χ2v) is 10.1. The zero-order valence-electron chi connectivity index (χ0n) is 21.1. The van der Waals surface area contributed by atoms with E-state index in [1.807, 2.05) is 32.0 Å². The number of hydrogen-bond donors (Lipinski definition) is 0. The fraction of sp³-hybridized carbons (Fsp3) is 0.444. The fourth-order valence-electron chi connectivity index (χ4n) is 5.32. The Kier molecular flexibility index (Phi) is 6.20. The van der Waals surface area contributed by atoms with Crippen LogP contribution < -0.4 is 10.5 Å². The maximum absolute atomic E-state index is 14.1. The molecule has 1 aliphatic heterocycles. The lowest BCUT2D eigenvalue weighted by Crippen LogP contribution is -2.45. The molecule has 1 fully saturated rings. The van der Waals surface area contributed by atoms with Gasteiger partial charge in [-0.1, -0.05) is 6.07 Å². The molecule has 1 saturated carbocycles. The van der Waals surface area contributed by atoms with Crippen LogP contribution in [0, 0.1) is 5.82 Å². The molecular formula is C27H31FN4O4. The van der Waals surface area contributed by atoms with Gasteiger partial charge >= 0.3 is 5.76 Å². The number of fused-ring (bicyclic) bond motifs is 2. The van der Waals surface area contributed by atoms with Crippen LogP contribution >= 0.6 is 0 Å². The number of rotatable bonds is 8. The average molecular weight is 495 g/mol. The first kappa shape index (κ1) is 24.2. The molecule has 3 heterocycles. The number of amides is 1. The zero-order chi connectivity index (χ0) is 25.6. The van der Waals surface area contributed by atoms with Gasteiger partial charge < -0.3 is 19.0 Å². The van der Waals surface area contributed by atoms with Crippen molar-refractivity contribution in [3.63, 3.8) is 0 Å². The molecule has 1 amide bonds. The summed E-state index contributed by atoms with van der Waals surface area (Å²) in [6, 6.07) is 5.25. The summed E-state index contributed by atoms with van der Waals surface area (Å²) >= 11 is 0. The highest BCUT2D eigenvalue weighted by atomic mass is 19.1. The lowest BCUT2D eigenvalue weighted by Gasteiger charge is -2.40. The number of nitrogens with zero attached hydrogens (tertiary/aromatic N) is 4. The van der Waals surface area contributed by atoms with Crippen molar-refractivity contribution >= 4 is 5.91 Å². The van der Waals surface area contributed by atoms with Crippen molar-refractivity contribution < 1.29 is 18.3 Å². The van der Waals surface area contributed by atoms with Crippen LogP contribution in [0.4, 0.5) is 4.39 Å². The second kappa shape index (κ2) is 9.20. The minimum absolute atomic E-state index is 0.0829. The van der Waals surface area contributed by atoms with E-state index in [-0.39, 0.29) is 23.1 Å². The third-order valence-electron chi connectivity index (χ3n) is 7.15. The SMILES string of the molecule is CCOc1cc(C(C)N2CC3(CC3)c3c(CN(C)C)cc(Cn4ccoc4=O)cc3C2=O)ncc1F. The van der Waals surface area contributed by atoms with Crippen LogP contribution in [0.3, 0.4) is 0 Å². The highest BCUT2D eigenvalue weighted by molar-refractivity contribution is 5.98. The number of carbonyl (C=O) groups is 1. The summed E-state index contributed by atoms with van der Waals surface area (Å²) in [5, 5.41) is 0. The van der Waals surface area contributed by atoms with E-state index < -0.39 is 11.6 Å². The molecule has 3 aromatic rings. The molecule has 190 valence electrons. The molecule has 1 aromatic carbocycles. The number of pyridine rings is 1. The Hall–Kier alpha value is -3.46. The van der Waals surface area contributed by atoms with E-state index in [9.17, 15) is 14.0 Å². The molecule has 1 atom stereocenters. The van der Waals surface area contributed by atoms with Gasteiger partial charge in [0.1, 0.15) is 6.26 Å². The normalized spacial score (nSPS) is 16.9. The fourth-order valence-corrected chi connectivity index (χ4v) is 5.32. The molecule has 9 heteroatoms. The first-order valence-electron chi connectivity index (χ1n) is 12.3. The Morgan fingerprint density at radius 3 is 2.67 bits per heavy atom. The Labute approximate surface area is 209 Å². The van der Waals surface area contributed by atoms with Gasteiger partial charge in [0.2, 0.25) is 0 Å². The minimum Gasteiger partial charge on any atom is -0.491 e. The van der Waals surface area contributed by atoms with Crippen molar-refractivity contribution in [3.8, 4) is 5.75 Å². The summed E-state index contributed by atoms with van der Waals surface area (Å²) < 4.78 is 26.0. The molecule has 2 aliphatic rings. The van der Waals surface area contributed by atoms with E-state index in [1.54, 1.807) is 19.2 Å². The zero-order valence-corrected chi connectivity index (χ0v) is 21.1. The van der Waals surface area contributed by atoms with Gasteiger partial charge in [-0.05, 0) is 63.5 Å². The van der Waals surface area contributed by atoms with Crippen molar-refractivity contribution in [2.24, 2.45) is 0 Å². The van der Waals surface area contributed by atoms with E-state index >= 15 is 0 Å². The van der Waals surface area contributed by atoms with Gasteiger partial charge in [-0.2, -0.15) is 0 Å². The van der Waals surface area contributed by atoms with E-state index in [4.69, 9.17) is 9.15 Å². The lowest BCUT2D eigenvalue weighted by molar-refractivity contribution is 0.0633. The standard InChI is InChI=1S/C27H31FN4O4/c1-5-35-23-12-22(29-13-21(23)28)17(2)32-16-27(6-7-27)24-19(15-30(3)4)10-18(11-20(24)25(32)33)14-31-8-9-36-26(31)34/h8-13,17H,5-7,14-16H2,1-4H3. The van der Waals surface area contributed by atoms with Gasteiger partial charge in [0.25, 0.3) is 5.91 Å². The lowest BCUT2D eigenvalue weighted by atomic mass is 9.81. The number of aromatic nitrogens is 2. The van der Waals surface area contributed by atoms with Crippen molar-refractivity contribution in [1.82, 2.24) is 19.4 Å². The molecule has 0 bridgehead atoms. The van der Waals surface area contributed by atoms with Crippen LogP contribution in [0.1, 0.15) is 65.5 Å². The summed E-state index contributed by atoms with van der Waals surface area (Å²) in [5.41, 5.74) is 4.25. The molecular weight excluding hydrogens is 463 g/mol. The maximum atomic E-state index is 14.1. The average Bonchev–Trinajstić information content (AvgIpc) is 3.49. The molecule has 2 aromatic heterocycles. The number of ether oxygens (including phenoxy) is 1. The highest BCUT2D eigenvalue weighted by Gasteiger charge is 2.53. The number of benzene rings is 1. The third kappa shape index (κ3) is 4.32. The summed E-state index contributed by atoms with van der Waals surface area (Å²) in [6.07, 6.45) is 6.11. The topological polar surface area (TPSA) is 80.8 Å². The number of oxazole rings is 1. The smallest absolute Gasteiger partial charge is 0.419 e. The Morgan fingerprint density at radius 1 is 1.25 bits per heavy atom. The van der Waals surface area contributed by atoms with Gasteiger partial charge in [0, 0.05) is 36.3 Å². The number of halogens is 1. The first-order valence-corrected chi connectivity index (χ1v) is 12.3. The van der Waals surface area contributed by atoms with Gasteiger partial charge in [-0.25, -0.2) is 9.18 Å². The molecule has 1 spiro atoms. The van der Waals surface area contributed by atoms with Crippen LogP contribution in [0.15, 0.2) is 46.1 Å². The van der Waals surface area contributed by atoms with E-state index in [1.165, 1.54) is 10.8 Å². The molecule has 0 radical (unpaired) electrons.